The molecule has 1 aromatic rings. The summed E-state index contributed by atoms with van der Waals surface area (Å²) >= 11 is 0. The number of nitrogens with one attached hydrogen (secondary N) is 2. The van der Waals surface area contributed by atoms with Gasteiger partial charge in [0.15, 0.2) is 0 Å². The van der Waals surface area contributed by atoms with Crippen LogP contribution in [0.3, 0.4) is 0 Å². The molecular weight excluding hydrogens is 252 g/mol. The van der Waals surface area contributed by atoms with Crippen molar-refractivity contribution in [2.45, 2.75) is 57.4 Å². The van der Waals surface area contributed by atoms with Gasteiger partial charge in [-0.3, -0.25) is 4.79 Å². The largest absolute Gasteiger partial charge is 0.469 e. The summed E-state index contributed by atoms with van der Waals surface area (Å²) in [6.45, 7) is 1.59. The van der Waals surface area contributed by atoms with E-state index in [1.807, 2.05) is 12.1 Å². The smallest absolute Gasteiger partial charge is 0.220 e. The second-order valence-corrected chi connectivity index (χ2v) is 5.57. The molecule has 4 heteroatoms. The molecule has 1 fully saturated rings. The Morgan fingerprint density at radius 2 is 2.00 bits per heavy atom. The van der Waals surface area contributed by atoms with Crippen molar-refractivity contribution in [3.8, 4) is 0 Å². The second kappa shape index (κ2) is 8.80. The lowest BCUT2D eigenvalue weighted by Crippen LogP contribution is -2.36. The van der Waals surface area contributed by atoms with Crippen molar-refractivity contribution in [3.05, 3.63) is 24.2 Å². The van der Waals surface area contributed by atoms with Crippen molar-refractivity contribution in [3.63, 3.8) is 0 Å². The van der Waals surface area contributed by atoms with Crippen LogP contribution >= 0.6 is 0 Å². The molecule has 1 aliphatic carbocycles. The Labute approximate surface area is 121 Å². The first-order valence-corrected chi connectivity index (χ1v) is 7.87. The van der Waals surface area contributed by atoms with Gasteiger partial charge in [-0.2, -0.15) is 0 Å². The average molecular weight is 278 g/mol. The molecule has 1 heterocycles. The van der Waals surface area contributed by atoms with Gasteiger partial charge in [0.2, 0.25) is 5.91 Å². The topological polar surface area (TPSA) is 54.3 Å². The molecule has 0 atom stereocenters. The number of hydrogen-bond donors (Lipinski definition) is 2. The highest BCUT2D eigenvalue weighted by Gasteiger charge is 2.11. The Morgan fingerprint density at radius 1 is 1.20 bits per heavy atom. The van der Waals surface area contributed by atoms with Crippen LogP contribution in [-0.2, 0) is 11.2 Å². The van der Waals surface area contributed by atoms with Crippen LogP contribution < -0.4 is 10.6 Å². The molecule has 4 nitrogen and oxygen atoms in total. The number of hydrogen-bond acceptors (Lipinski definition) is 3. The first kappa shape index (κ1) is 15.1. The standard InChI is InChI=1S/C16H26N2O2/c19-16(10-9-15-8-5-13-20-15)18-12-11-17-14-6-3-1-2-4-7-14/h5,8,13-14,17H,1-4,6-7,9-12H2,(H,18,19). The van der Waals surface area contributed by atoms with Gasteiger partial charge in [-0.15, -0.1) is 0 Å². The number of carbonyl (C=O) groups is 1. The van der Waals surface area contributed by atoms with Crippen molar-refractivity contribution in [1.82, 2.24) is 10.6 Å². The van der Waals surface area contributed by atoms with Crippen LogP contribution in [-0.4, -0.2) is 25.0 Å². The minimum atomic E-state index is 0.101. The van der Waals surface area contributed by atoms with Gasteiger partial charge in [0.05, 0.1) is 6.26 Å². The molecule has 112 valence electrons. The maximum absolute atomic E-state index is 11.7. The Balaban J connectivity index is 1.50. The molecule has 2 N–H and O–H groups in total. The highest BCUT2D eigenvalue weighted by Crippen LogP contribution is 2.16. The van der Waals surface area contributed by atoms with E-state index in [9.17, 15) is 4.79 Å². The quantitative estimate of drug-likeness (QED) is 0.595. The van der Waals surface area contributed by atoms with E-state index in [1.165, 1.54) is 38.5 Å². The lowest BCUT2D eigenvalue weighted by atomic mass is 10.1. The zero-order valence-corrected chi connectivity index (χ0v) is 12.2. The summed E-state index contributed by atoms with van der Waals surface area (Å²) in [7, 11) is 0. The van der Waals surface area contributed by atoms with Crippen molar-refractivity contribution in [1.29, 1.82) is 0 Å². The maximum atomic E-state index is 11.7. The molecule has 2 rings (SSSR count). The van der Waals surface area contributed by atoms with Crippen LogP contribution in [0.5, 0.6) is 0 Å². The minimum absolute atomic E-state index is 0.101. The molecule has 1 aliphatic rings. The molecule has 0 bridgehead atoms. The Bertz CT molecular complexity index is 368. The SMILES string of the molecule is O=C(CCc1ccco1)NCCNC1CCCCCC1. The normalized spacial score (nSPS) is 16.8. The molecule has 0 aromatic carbocycles. The third kappa shape index (κ3) is 5.78. The molecule has 0 radical (unpaired) electrons. The molecule has 0 unspecified atom stereocenters. The van der Waals surface area contributed by atoms with E-state index < -0.39 is 0 Å². The summed E-state index contributed by atoms with van der Waals surface area (Å²) < 4.78 is 5.21. The summed E-state index contributed by atoms with van der Waals surface area (Å²) in [5.41, 5.74) is 0. The predicted molar refractivity (Wildman–Crippen MR) is 79.5 cm³/mol. The lowest BCUT2D eigenvalue weighted by molar-refractivity contribution is -0.121. The number of carbonyl (C=O) groups excluding carboxylic acids is 1. The molecular formula is C16H26N2O2. The van der Waals surface area contributed by atoms with E-state index in [2.05, 4.69) is 10.6 Å². The maximum Gasteiger partial charge on any atom is 0.220 e. The molecule has 20 heavy (non-hydrogen) atoms. The first-order chi connectivity index (χ1) is 9.84. The molecule has 0 saturated heterocycles. The Kier molecular flexibility index (Phi) is 6.64. The van der Waals surface area contributed by atoms with Crippen LogP contribution in [0.2, 0.25) is 0 Å². The summed E-state index contributed by atoms with van der Waals surface area (Å²) in [5, 5.41) is 6.51. The van der Waals surface area contributed by atoms with Gasteiger partial charge in [-0.1, -0.05) is 25.7 Å². The highest BCUT2D eigenvalue weighted by molar-refractivity contribution is 5.76. The number of rotatable bonds is 7. The lowest BCUT2D eigenvalue weighted by Gasteiger charge is -2.16. The second-order valence-electron chi connectivity index (χ2n) is 5.57. The zero-order valence-electron chi connectivity index (χ0n) is 12.2. The van der Waals surface area contributed by atoms with Crippen LogP contribution in [0.25, 0.3) is 0 Å². The van der Waals surface area contributed by atoms with Gasteiger partial charge in [-0.05, 0) is 25.0 Å². The van der Waals surface area contributed by atoms with Gasteiger partial charge in [0.25, 0.3) is 0 Å². The highest BCUT2D eigenvalue weighted by atomic mass is 16.3. The Morgan fingerprint density at radius 3 is 2.70 bits per heavy atom. The third-order valence-corrected chi connectivity index (χ3v) is 3.91. The van der Waals surface area contributed by atoms with E-state index in [0.29, 0.717) is 25.4 Å². The van der Waals surface area contributed by atoms with Gasteiger partial charge in [0, 0.05) is 32.0 Å². The van der Waals surface area contributed by atoms with Gasteiger partial charge in [0.1, 0.15) is 5.76 Å². The van der Waals surface area contributed by atoms with Crippen LogP contribution in [0, 0.1) is 0 Å². The fourth-order valence-corrected chi connectivity index (χ4v) is 2.74. The van der Waals surface area contributed by atoms with E-state index in [-0.39, 0.29) is 5.91 Å². The first-order valence-electron chi connectivity index (χ1n) is 7.87. The van der Waals surface area contributed by atoms with Crippen molar-refractivity contribution in [2.24, 2.45) is 0 Å². The van der Waals surface area contributed by atoms with Crippen molar-refractivity contribution in [2.75, 3.05) is 13.1 Å². The molecule has 0 spiro atoms. The van der Waals surface area contributed by atoms with Crippen LogP contribution in [0.15, 0.2) is 22.8 Å². The van der Waals surface area contributed by atoms with E-state index in [1.54, 1.807) is 6.26 Å². The number of amides is 1. The summed E-state index contributed by atoms with van der Waals surface area (Å²) in [6.07, 6.45) is 10.8. The number of furan rings is 1. The fourth-order valence-electron chi connectivity index (χ4n) is 2.74. The predicted octanol–water partition coefficient (Wildman–Crippen LogP) is 2.64. The van der Waals surface area contributed by atoms with Crippen LogP contribution in [0.4, 0.5) is 0 Å². The van der Waals surface area contributed by atoms with Crippen LogP contribution in [0.1, 0.15) is 50.7 Å². The van der Waals surface area contributed by atoms with Gasteiger partial charge >= 0.3 is 0 Å². The van der Waals surface area contributed by atoms with Crippen molar-refractivity contribution >= 4 is 5.91 Å². The Hall–Kier alpha value is -1.29. The van der Waals surface area contributed by atoms with E-state index in [4.69, 9.17) is 4.42 Å². The molecule has 1 amide bonds. The summed E-state index contributed by atoms with van der Waals surface area (Å²) in [5.74, 6) is 0.973. The zero-order chi connectivity index (χ0) is 14.0. The molecule has 1 aromatic heterocycles. The summed E-state index contributed by atoms with van der Waals surface area (Å²) in [6, 6.07) is 4.41. The van der Waals surface area contributed by atoms with Crippen molar-refractivity contribution < 1.29 is 9.21 Å². The fraction of sp³-hybridized carbons (Fsp3) is 0.688. The summed E-state index contributed by atoms with van der Waals surface area (Å²) in [4.78, 5) is 11.7. The average Bonchev–Trinajstić information content (AvgIpc) is 2.84. The molecule has 1 saturated carbocycles. The minimum Gasteiger partial charge on any atom is -0.469 e. The van der Waals surface area contributed by atoms with E-state index >= 15 is 0 Å². The monoisotopic (exact) mass is 278 g/mol. The van der Waals surface area contributed by atoms with Gasteiger partial charge < -0.3 is 15.1 Å². The van der Waals surface area contributed by atoms with E-state index in [0.717, 1.165) is 12.3 Å². The number of aryl methyl sites for hydroxylation is 1. The molecule has 0 aliphatic heterocycles. The van der Waals surface area contributed by atoms with Gasteiger partial charge in [-0.25, -0.2) is 0 Å². The third-order valence-electron chi connectivity index (χ3n) is 3.91.